The van der Waals surface area contributed by atoms with Gasteiger partial charge in [-0.05, 0) is 29.2 Å². The topological polar surface area (TPSA) is 54.5 Å². The van der Waals surface area contributed by atoms with Gasteiger partial charge in [0.25, 0.3) is 5.91 Å². The maximum absolute atomic E-state index is 14.4. The van der Waals surface area contributed by atoms with Crippen LogP contribution in [0, 0.1) is 0 Å². The smallest absolute Gasteiger partial charge is 0.256 e. The van der Waals surface area contributed by atoms with E-state index in [1.165, 1.54) is 11.1 Å². The number of carbonyl (C=O) groups excluding carboxylic acids is 1. The number of nitrogens with zero attached hydrogens (tertiary/aromatic N) is 2. The van der Waals surface area contributed by atoms with Crippen LogP contribution < -0.4 is 10.1 Å². The lowest BCUT2D eigenvalue weighted by Crippen LogP contribution is -2.30. The third kappa shape index (κ3) is 8.44. The summed E-state index contributed by atoms with van der Waals surface area (Å²) in [7, 11) is 0. The fraction of sp³-hybridized carbons (Fsp3) is 0.171. The van der Waals surface area contributed by atoms with Crippen LogP contribution in [0.25, 0.3) is 22.2 Å². The van der Waals surface area contributed by atoms with Crippen molar-refractivity contribution in [2.24, 2.45) is 0 Å². The summed E-state index contributed by atoms with van der Waals surface area (Å²) in [5.41, 5.74) is 6.37. The third-order valence-corrected chi connectivity index (χ3v) is 8.19. The number of ether oxygens (including phenoxy) is 1. The Morgan fingerprint density at radius 2 is 1.26 bits per heavy atom. The molecule has 0 saturated carbocycles. The zero-order valence-electron chi connectivity index (χ0n) is 26.6. The highest BCUT2D eigenvalue weighted by atomic mass is 35.5. The highest BCUT2D eigenvalue weighted by Crippen LogP contribution is 2.37. The number of nitrogens with one attached hydrogen (secondary N) is 1. The van der Waals surface area contributed by atoms with E-state index in [0.29, 0.717) is 30.2 Å². The number of aromatic nitrogens is 1. The van der Waals surface area contributed by atoms with Crippen molar-refractivity contribution >= 4 is 29.2 Å². The summed E-state index contributed by atoms with van der Waals surface area (Å²) >= 11 is 0. The first-order valence-corrected chi connectivity index (χ1v) is 16.0. The summed E-state index contributed by atoms with van der Waals surface area (Å²) in [4.78, 5) is 21.8. The number of rotatable bonds is 13. The predicted molar refractivity (Wildman–Crippen MR) is 194 cm³/mol. The highest BCUT2D eigenvalue weighted by Gasteiger charge is 2.25. The minimum absolute atomic E-state index is 0. The van der Waals surface area contributed by atoms with Gasteiger partial charge < -0.3 is 10.1 Å². The molecule has 0 spiro atoms. The lowest BCUT2D eigenvalue weighted by atomic mass is 10.00. The van der Waals surface area contributed by atoms with Gasteiger partial charge in [0.2, 0.25) is 0 Å². The average molecular weight is 642 g/mol. The molecule has 1 atom stereocenters. The van der Waals surface area contributed by atoms with Gasteiger partial charge in [-0.1, -0.05) is 146 Å². The predicted octanol–water partition coefficient (Wildman–Crippen LogP) is 9.29. The molecular formula is C41H40ClN3O2. The first kappa shape index (κ1) is 33.4. The molecule has 238 valence electrons. The van der Waals surface area contributed by atoms with Gasteiger partial charge >= 0.3 is 0 Å². The number of carbonyl (C=O) groups is 1. The lowest BCUT2D eigenvalue weighted by molar-refractivity contribution is 0.0932. The molecule has 0 bridgehead atoms. The Bertz CT molecular complexity index is 1810. The number of hydrogen-bond donors (Lipinski definition) is 1. The standard InChI is InChI=1S/C41H39N3O2.ClH/c1-2-36(33-21-11-5-12-22-33)43-41(45)38-35-25-15-16-26-37(35)42-39(34-23-13-6-14-24-34)40(38)46-28-27-44(29-31-17-7-3-8-18-31)30-32-19-9-4-10-20-32;/h3-26,36H,2,27-30H2,1H3,(H,43,45);1H. The highest BCUT2D eigenvalue weighted by molar-refractivity contribution is 6.10. The van der Waals surface area contributed by atoms with Crippen molar-refractivity contribution in [3.05, 3.63) is 168 Å². The van der Waals surface area contributed by atoms with Crippen LogP contribution in [-0.4, -0.2) is 28.9 Å². The van der Waals surface area contributed by atoms with Crippen LogP contribution in [0.3, 0.4) is 0 Å². The molecule has 47 heavy (non-hydrogen) atoms. The van der Waals surface area contributed by atoms with E-state index in [9.17, 15) is 4.79 Å². The van der Waals surface area contributed by atoms with Crippen LogP contribution in [0.4, 0.5) is 0 Å². The maximum atomic E-state index is 14.4. The second-order valence-electron chi connectivity index (χ2n) is 11.4. The van der Waals surface area contributed by atoms with E-state index in [-0.39, 0.29) is 24.4 Å². The molecule has 0 aliphatic carbocycles. The molecule has 6 heteroatoms. The Balaban J connectivity index is 0.00000433. The van der Waals surface area contributed by atoms with Crippen molar-refractivity contribution < 1.29 is 9.53 Å². The third-order valence-electron chi connectivity index (χ3n) is 8.19. The number of pyridine rings is 1. The maximum Gasteiger partial charge on any atom is 0.256 e. The van der Waals surface area contributed by atoms with E-state index in [1.54, 1.807) is 0 Å². The molecule has 0 fully saturated rings. The van der Waals surface area contributed by atoms with Crippen LogP contribution in [0.1, 0.15) is 46.4 Å². The van der Waals surface area contributed by atoms with Crippen LogP contribution >= 0.6 is 12.4 Å². The summed E-state index contributed by atoms with van der Waals surface area (Å²) in [6.07, 6.45) is 0.758. The van der Waals surface area contributed by atoms with Gasteiger partial charge in [0.15, 0.2) is 5.75 Å². The van der Waals surface area contributed by atoms with Crippen LogP contribution in [-0.2, 0) is 13.1 Å². The number of para-hydroxylation sites is 1. The van der Waals surface area contributed by atoms with Gasteiger partial charge in [-0.15, -0.1) is 12.4 Å². The minimum atomic E-state index is -0.174. The molecule has 1 unspecified atom stereocenters. The van der Waals surface area contributed by atoms with E-state index >= 15 is 0 Å². The molecule has 0 saturated heterocycles. The molecule has 5 aromatic carbocycles. The van der Waals surface area contributed by atoms with Crippen molar-refractivity contribution in [3.63, 3.8) is 0 Å². The molecular weight excluding hydrogens is 602 g/mol. The van der Waals surface area contributed by atoms with Gasteiger partial charge in [0.1, 0.15) is 12.3 Å². The second kappa shape index (κ2) is 16.5. The van der Waals surface area contributed by atoms with Gasteiger partial charge in [-0.3, -0.25) is 9.69 Å². The summed E-state index contributed by atoms with van der Waals surface area (Å²) in [6, 6.07) is 48.8. The molecule has 0 radical (unpaired) electrons. The zero-order chi connectivity index (χ0) is 31.6. The normalized spacial score (nSPS) is 11.5. The molecule has 5 nitrogen and oxygen atoms in total. The molecule has 6 aromatic rings. The fourth-order valence-electron chi connectivity index (χ4n) is 5.86. The number of amides is 1. The lowest BCUT2D eigenvalue weighted by Gasteiger charge is -2.24. The number of hydrogen-bond acceptors (Lipinski definition) is 4. The summed E-state index contributed by atoms with van der Waals surface area (Å²) in [5.74, 6) is 0.330. The monoisotopic (exact) mass is 641 g/mol. The van der Waals surface area contributed by atoms with E-state index in [0.717, 1.165) is 41.5 Å². The van der Waals surface area contributed by atoms with Crippen LogP contribution in [0.15, 0.2) is 146 Å². The van der Waals surface area contributed by atoms with Crippen molar-refractivity contribution in [1.82, 2.24) is 15.2 Å². The first-order chi connectivity index (χ1) is 22.7. The summed E-state index contributed by atoms with van der Waals surface area (Å²) < 4.78 is 6.71. The first-order valence-electron chi connectivity index (χ1n) is 16.0. The Morgan fingerprint density at radius 1 is 0.723 bits per heavy atom. The van der Waals surface area contributed by atoms with Crippen molar-refractivity contribution in [2.45, 2.75) is 32.5 Å². The number of halogens is 1. The van der Waals surface area contributed by atoms with Gasteiger partial charge in [-0.25, -0.2) is 4.98 Å². The summed E-state index contributed by atoms with van der Waals surface area (Å²) in [6.45, 7) is 4.69. The number of fused-ring (bicyclic) bond motifs is 1. The van der Waals surface area contributed by atoms with Gasteiger partial charge in [0, 0.05) is 30.6 Å². The summed E-state index contributed by atoms with van der Waals surface area (Å²) in [5, 5.41) is 4.08. The van der Waals surface area contributed by atoms with E-state index in [4.69, 9.17) is 9.72 Å². The fourth-order valence-corrected chi connectivity index (χ4v) is 5.86. The Hall–Kier alpha value is -4.97. The Kier molecular flexibility index (Phi) is 11.8. The van der Waals surface area contributed by atoms with Gasteiger partial charge in [0.05, 0.1) is 17.1 Å². The molecule has 1 amide bonds. The van der Waals surface area contributed by atoms with E-state index in [2.05, 4.69) is 77.8 Å². The SMILES string of the molecule is CCC(NC(=O)c1c(OCCN(Cc2ccccc2)Cc2ccccc2)c(-c2ccccc2)nc2ccccc12)c1ccccc1.Cl. The largest absolute Gasteiger partial charge is 0.489 e. The molecule has 0 aliphatic heterocycles. The average Bonchev–Trinajstić information content (AvgIpc) is 3.11. The molecule has 1 heterocycles. The Labute approximate surface area is 283 Å². The van der Waals surface area contributed by atoms with Crippen LogP contribution in [0.2, 0.25) is 0 Å². The van der Waals surface area contributed by atoms with Crippen molar-refractivity contribution in [3.8, 4) is 17.0 Å². The Morgan fingerprint density at radius 3 is 1.85 bits per heavy atom. The zero-order valence-corrected chi connectivity index (χ0v) is 27.4. The van der Waals surface area contributed by atoms with Gasteiger partial charge in [-0.2, -0.15) is 0 Å². The molecule has 1 aromatic heterocycles. The van der Waals surface area contributed by atoms with Crippen LogP contribution in [0.5, 0.6) is 5.75 Å². The minimum Gasteiger partial charge on any atom is -0.489 e. The molecule has 6 rings (SSSR count). The van der Waals surface area contributed by atoms with E-state index < -0.39 is 0 Å². The van der Waals surface area contributed by atoms with Crippen molar-refractivity contribution in [1.29, 1.82) is 0 Å². The second-order valence-corrected chi connectivity index (χ2v) is 11.4. The molecule has 0 aliphatic rings. The van der Waals surface area contributed by atoms with Crippen molar-refractivity contribution in [2.75, 3.05) is 13.2 Å². The van der Waals surface area contributed by atoms with E-state index in [1.807, 2.05) is 84.9 Å². The molecule has 1 N–H and O–H groups in total. The quantitative estimate of drug-likeness (QED) is 0.137. The number of benzene rings is 5.